The van der Waals surface area contributed by atoms with Crippen LogP contribution in [0.5, 0.6) is 0 Å². The molecule has 0 bridgehead atoms. The average Bonchev–Trinajstić information content (AvgIpc) is 2.93. The monoisotopic (exact) mass is 384 g/mol. The van der Waals surface area contributed by atoms with Crippen molar-refractivity contribution in [2.45, 2.75) is 38.6 Å². The largest absolute Gasteiger partial charge is 0.342 e. The third kappa shape index (κ3) is 4.06. The van der Waals surface area contributed by atoms with E-state index in [2.05, 4.69) is 4.99 Å². The van der Waals surface area contributed by atoms with Gasteiger partial charge in [0.2, 0.25) is 0 Å². The number of nitrogens with zero attached hydrogens (tertiary/aromatic N) is 2. The summed E-state index contributed by atoms with van der Waals surface area (Å²) < 4.78 is 37.1. The average molecular weight is 384 g/mol. The molecule has 2 atom stereocenters. The lowest BCUT2D eigenvalue weighted by atomic mass is 9.96. The number of hydrogen-bond acceptors (Lipinski definition) is 4. The molecule has 2 saturated heterocycles. The normalized spacial score (nSPS) is 26.9. The molecule has 3 rings (SSSR count). The molecule has 136 valence electrons. The Morgan fingerprint density at radius 1 is 1.28 bits per heavy atom. The molecular formula is C17H21FN2O3S2. The summed E-state index contributed by atoms with van der Waals surface area (Å²) in [5.41, 5.74) is 0.252. The smallest absolute Gasteiger partial charge is 0.253 e. The van der Waals surface area contributed by atoms with E-state index in [1.165, 1.54) is 23.9 Å². The molecule has 0 unspecified atom stereocenters. The van der Waals surface area contributed by atoms with E-state index in [1.54, 1.807) is 32.9 Å². The van der Waals surface area contributed by atoms with Crippen LogP contribution in [0.25, 0.3) is 0 Å². The van der Waals surface area contributed by atoms with Gasteiger partial charge in [0, 0.05) is 17.2 Å². The van der Waals surface area contributed by atoms with Crippen molar-refractivity contribution in [3.05, 3.63) is 35.6 Å². The van der Waals surface area contributed by atoms with E-state index in [0.29, 0.717) is 11.7 Å². The summed E-state index contributed by atoms with van der Waals surface area (Å²) in [7, 11) is -3.08. The molecule has 1 amide bonds. The Morgan fingerprint density at radius 2 is 1.92 bits per heavy atom. The molecule has 2 fully saturated rings. The summed E-state index contributed by atoms with van der Waals surface area (Å²) in [4.78, 5) is 18.5. The predicted molar refractivity (Wildman–Crippen MR) is 97.7 cm³/mol. The Hall–Kier alpha value is -1.41. The first-order valence-corrected chi connectivity index (χ1v) is 10.8. The minimum Gasteiger partial charge on any atom is -0.342 e. The Kier molecular flexibility index (Phi) is 4.70. The lowest BCUT2D eigenvalue weighted by Gasteiger charge is -2.25. The highest BCUT2D eigenvalue weighted by Gasteiger charge is 2.48. The van der Waals surface area contributed by atoms with Crippen molar-refractivity contribution in [2.24, 2.45) is 10.4 Å². The van der Waals surface area contributed by atoms with Crippen LogP contribution in [0, 0.1) is 11.2 Å². The first kappa shape index (κ1) is 18.4. The fourth-order valence-electron chi connectivity index (χ4n) is 2.86. The summed E-state index contributed by atoms with van der Waals surface area (Å²) in [5, 5.41) is 0.450. The second-order valence-electron chi connectivity index (χ2n) is 7.50. The first-order chi connectivity index (χ1) is 11.5. The van der Waals surface area contributed by atoms with Gasteiger partial charge < -0.3 is 4.90 Å². The maximum absolute atomic E-state index is 13.1. The van der Waals surface area contributed by atoms with Gasteiger partial charge >= 0.3 is 0 Å². The standard InChI is InChI=1S/C17H21FN2O3S2/c1-17(2,3)15(21)19-16-20(8-11-4-6-12(18)7-5-11)13-9-25(22,23)10-14(13)24-16/h4-7,13-14H,8-10H2,1-3H3/t13-,14+/m0/s1. The van der Waals surface area contributed by atoms with Gasteiger partial charge in [-0.1, -0.05) is 44.7 Å². The highest BCUT2D eigenvalue weighted by atomic mass is 32.2. The number of halogens is 1. The number of amidine groups is 1. The minimum atomic E-state index is -3.08. The van der Waals surface area contributed by atoms with Gasteiger partial charge in [-0.2, -0.15) is 4.99 Å². The number of rotatable bonds is 2. The molecule has 25 heavy (non-hydrogen) atoms. The molecule has 0 aliphatic carbocycles. The topological polar surface area (TPSA) is 66.8 Å². The summed E-state index contributed by atoms with van der Waals surface area (Å²) in [6.07, 6.45) is 0. The Balaban J connectivity index is 1.91. The number of aliphatic imine (C=N–C) groups is 1. The van der Waals surface area contributed by atoms with Crippen LogP contribution in [-0.4, -0.2) is 47.2 Å². The van der Waals surface area contributed by atoms with E-state index in [9.17, 15) is 17.6 Å². The van der Waals surface area contributed by atoms with Gasteiger partial charge in [-0.3, -0.25) is 4.79 Å². The van der Waals surface area contributed by atoms with Crippen molar-refractivity contribution in [1.29, 1.82) is 0 Å². The van der Waals surface area contributed by atoms with E-state index in [0.717, 1.165) is 5.56 Å². The number of carbonyl (C=O) groups excluding carboxylic acids is 1. The molecule has 8 heteroatoms. The number of fused-ring (bicyclic) bond motifs is 1. The SMILES string of the molecule is CC(C)(C)C(=O)N=C1S[C@@H]2CS(=O)(=O)C[C@@H]2N1Cc1ccc(F)cc1. The maximum Gasteiger partial charge on any atom is 0.253 e. The van der Waals surface area contributed by atoms with Gasteiger partial charge in [0.25, 0.3) is 5.91 Å². The quantitative estimate of drug-likeness (QED) is 0.784. The Morgan fingerprint density at radius 3 is 2.52 bits per heavy atom. The molecule has 0 spiro atoms. The van der Waals surface area contributed by atoms with Gasteiger partial charge in [0.05, 0.1) is 17.5 Å². The van der Waals surface area contributed by atoms with Crippen molar-refractivity contribution in [2.75, 3.05) is 11.5 Å². The maximum atomic E-state index is 13.1. The van der Waals surface area contributed by atoms with Crippen molar-refractivity contribution >= 4 is 32.7 Å². The molecule has 1 aromatic rings. The van der Waals surface area contributed by atoms with Crippen LogP contribution in [-0.2, 0) is 21.2 Å². The predicted octanol–water partition coefficient (Wildman–Crippen LogP) is 2.47. The van der Waals surface area contributed by atoms with Crippen molar-refractivity contribution in [1.82, 2.24) is 4.90 Å². The molecule has 2 heterocycles. The second kappa shape index (κ2) is 6.39. The fourth-order valence-corrected chi connectivity index (χ4v) is 6.81. The van der Waals surface area contributed by atoms with Crippen LogP contribution in [0.15, 0.2) is 29.3 Å². The van der Waals surface area contributed by atoms with Gasteiger partial charge in [0.15, 0.2) is 15.0 Å². The van der Waals surface area contributed by atoms with Crippen LogP contribution < -0.4 is 0 Å². The number of thioether (sulfide) groups is 1. The fraction of sp³-hybridized carbons (Fsp3) is 0.529. The van der Waals surface area contributed by atoms with Crippen molar-refractivity contribution < 1.29 is 17.6 Å². The Labute approximate surface area is 151 Å². The molecule has 1 aromatic carbocycles. The zero-order valence-electron chi connectivity index (χ0n) is 14.4. The third-order valence-corrected chi connectivity index (χ3v) is 7.53. The molecule has 0 N–H and O–H groups in total. The number of benzene rings is 1. The molecule has 2 aliphatic heterocycles. The number of hydrogen-bond donors (Lipinski definition) is 0. The second-order valence-corrected chi connectivity index (χ2v) is 10.9. The minimum absolute atomic E-state index is 0.0641. The van der Waals surface area contributed by atoms with Gasteiger partial charge in [-0.15, -0.1) is 0 Å². The van der Waals surface area contributed by atoms with E-state index in [1.807, 2.05) is 4.90 Å². The van der Waals surface area contributed by atoms with Crippen LogP contribution in [0.4, 0.5) is 4.39 Å². The third-order valence-electron chi connectivity index (χ3n) is 4.28. The van der Waals surface area contributed by atoms with Crippen molar-refractivity contribution in [3.63, 3.8) is 0 Å². The molecular weight excluding hydrogens is 363 g/mol. The summed E-state index contributed by atoms with van der Waals surface area (Å²) in [6.45, 7) is 5.80. The highest BCUT2D eigenvalue weighted by molar-refractivity contribution is 8.15. The van der Waals surface area contributed by atoms with E-state index in [4.69, 9.17) is 0 Å². The zero-order chi connectivity index (χ0) is 18.4. The van der Waals surface area contributed by atoms with Gasteiger partial charge in [-0.25, -0.2) is 12.8 Å². The Bertz CT molecular complexity index is 813. The molecule has 2 aliphatic rings. The summed E-state index contributed by atoms with van der Waals surface area (Å²) in [5.74, 6) is -0.390. The lowest BCUT2D eigenvalue weighted by Crippen LogP contribution is -2.37. The molecule has 0 saturated carbocycles. The van der Waals surface area contributed by atoms with Crippen LogP contribution >= 0.6 is 11.8 Å². The van der Waals surface area contributed by atoms with E-state index in [-0.39, 0.29) is 34.5 Å². The van der Waals surface area contributed by atoms with Crippen LogP contribution in [0.1, 0.15) is 26.3 Å². The van der Waals surface area contributed by atoms with Crippen LogP contribution in [0.3, 0.4) is 0 Å². The summed E-state index contributed by atoms with van der Waals surface area (Å²) >= 11 is 1.36. The zero-order valence-corrected chi connectivity index (χ0v) is 16.0. The van der Waals surface area contributed by atoms with E-state index < -0.39 is 15.3 Å². The number of sulfone groups is 1. The van der Waals surface area contributed by atoms with Crippen molar-refractivity contribution in [3.8, 4) is 0 Å². The first-order valence-electron chi connectivity index (χ1n) is 8.06. The van der Waals surface area contributed by atoms with Crippen LogP contribution in [0.2, 0.25) is 0 Å². The van der Waals surface area contributed by atoms with Gasteiger partial charge in [-0.05, 0) is 17.7 Å². The van der Waals surface area contributed by atoms with E-state index >= 15 is 0 Å². The number of amides is 1. The molecule has 0 radical (unpaired) electrons. The number of carbonyl (C=O) groups is 1. The molecule has 0 aromatic heterocycles. The van der Waals surface area contributed by atoms with Gasteiger partial charge in [0.1, 0.15) is 5.82 Å². The highest BCUT2D eigenvalue weighted by Crippen LogP contribution is 2.39. The lowest BCUT2D eigenvalue weighted by molar-refractivity contribution is -0.124. The molecule has 5 nitrogen and oxygen atoms in total. The summed E-state index contributed by atoms with van der Waals surface area (Å²) in [6, 6.07) is 5.88.